The summed E-state index contributed by atoms with van der Waals surface area (Å²) in [5.74, 6) is -5.82. The molecule has 29 nitrogen and oxygen atoms in total. The Morgan fingerprint density at radius 1 is 0.344 bits per heavy atom. The van der Waals surface area contributed by atoms with Crippen molar-refractivity contribution < 1.29 is 187 Å². The molecule has 0 spiro atoms. The van der Waals surface area contributed by atoms with Crippen LogP contribution in [0.4, 0.5) is 0 Å². The Morgan fingerprint density at radius 3 is 0.562 bits per heavy atom. The first-order valence-corrected chi connectivity index (χ1v) is 16.5. The first-order valence-electron chi connectivity index (χ1n) is 16.5. The molecule has 0 rings (SSSR count). The quantitative estimate of drug-likeness (QED) is 0.0167. The van der Waals surface area contributed by atoms with Crippen LogP contribution in [0.1, 0.15) is 51.4 Å². The summed E-state index contributed by atoms with van der Waals surface area (Å²) in [6.07, 6.45) is -13.9. The van der Waals surface area contributed by atoms with Crippen LogP contribution in [-0.4, -0.2) is 218 Å². The maximum Gasteiger partial charge on any atom is 0.308 e. The fourth-order valence-corrected chi connectivity index (χ4v) is 3.65. The van der Waals surface area contributed by atoms with Crippen LogP contribution in [0.25, 0.3) is 0 Å². The maximum absolute atomic E-state index is 10.9. The predicted octanol–water partition coefficient (Wildman–Crippen LogP) is -8.05. The van der Waals surface area contributed by atoms with Crippen LogP contribution in [-0.2, 0) is 115 Å². The Kier molecular flexibility index (Phi) is 47.4. The maximum atomic E-state index is 10.9. The Bertz CT molecular complexity index is 1080. The predicted molar refractivity (Wildman–Crippen MR) is 197 cm³/mol. The van der Waals surface area contributed by atoms with Crippen molar-refractivity contribution in [2.75, 3.05) is 56.9 Å². The molecule has 376 valence electrons. The fraction of sp³-hybridized carbons (Fsp3) is 0.727. The largest absolute Gasteiger partial charge is 0.502 e. The molecule has 0 bridgehead atoms. The molecular weight excluding hydrogens is 956 g/mol. The SMILES string of the molecule is C=C(CC(O)(CC(=O)OC)C(O)O)OC.COC(=O)CC(O)(CC(=O)OC)C(O)O.COC(=O)CC(O)(CC(=O)OC)C(O)O.COC(=O)CC(O)(CC(=O)OC)C(O)O.O.O.[Ti].[Ti]. The summed E-state index contributed by atoms with van der Waals surface area (Å²) in [7, 11) is 8.90. The molecule has 31 heteroatoms. The summed E-state index contributed by atoms with van der Waals surface area (Å²) < 4.78 is 34.4. The number of aliphatic hydroxyl groups is 12. The van der Waals surface area contributed by atoms with E-state index in [1.807, 2.05) is 0 Å². The number of aliphatic hydroxyl groups excluding tert-OH is 4. The average Bonchev–Trinajstić information content (AvgIpc) is 3.17. The molecule has 0 aliphatic carbocycles. The molecule has 0 saturated carbocycles. The molecule has 0 aliphatic rings. The van der Waals surface area contributed by atoms with Gasteiger partial charge in [0.05, 0.1) is 108 Å². The van der Waals surface area contributed by atoms with Gasteiger partial charge in [0.2, 0.25) is 0 Å². The third-order valence-electron chi connectivity index (χ3n) is 7.46. The van der Waals surface area contributed by atoms with Crippen molar-refractivity contribution in [3.8, 4) is 0 Å². The summed E-state index contributed by atoms with van der Waals surface area (Å²) in [6.45, 7) is 3.42. The van der Waals surface area contributed by atoms with Crippen LogP contribution in [0.15, 0.2) is 12.3 Å². The van der Waals surface area contributed by atoms with Gasteiger partial charge < -0.3 is 110 Å². The summed E-state index contributed by atoms with van der Waals surface area (Å²) in [4.78, 5) is 76.0. The second-order valence-electron chi connectivity index (χ2n) is 12.1. The Balaban J connectivity index is -0.000000107. The van der Waals surface area contributed by atoms with Gasteiger partial charge in [0.1, 0.15) is 22.4 Å². The number of ether oxygens (including phenoxy) is 8. The second kappa shape index (κ2) is 38.9. The first-order chi connectivity index (χ1) is 27.4. The molecule has 0 heterocycles. The van der Waals surface area contributed by atoms with Crippen molar-refractivity contribution in [2.45, 2.75) is 98.9 Å². The minimum Gasteiger partial charge on any atom is -0.502 e. The fourth-order valence-electron chi connectivity index (χ4n) is 3.65. The van der Waals surface area contributed by atoms with Crippen LogP contribution in [0.5, 0.6) is 0 Å². The first kappa shape index (κ1) is 77.9. The molecule has 0 aromatic rings. The minimum atomic E-state index is -2.29. The van der Waals surface area contributed by atoms with Gasteiger partial charge in [-0.3, -0.25) is 33.6 Å². The van der Waals surface area contributed by atoms with E-state index in [0.717, 1.165) is 49.8 Å². The van der Waals surface area contributed by atoms with Crippen LogP contribution < -0.4 is 0 Å². The molecule has 1 atom stereocenters. The molecule has 16 N–H and O–H groups in total. The topological polar surface area (TPSA) is 499 Å². The summed E-state index contributed by atoms with van der Waals surface area (Å²) in [5.41, 5.74) is -8.92. The Hall–Kier alpha value is -3.30. The van der Waals surface area contributed by atoms with Gasteiger partial charge in [0.25, 0.3) is 0 Å². The van der Waals surface area contributed by atoms with Crippen molar-refractivity contribution in [3.05, 3.63) is 12.3 Å². The molecular formula is C33H62O29Ti2. The molecule has 0 fully saturated rings. The van der Waals surface area contributed by atoms with Crippen LogP contribution in [0.3, 0.4) is 0 Å². The van der Waals surface area contributed by atoms with Gasteiger partial charge in [-0.25, -0.2) is 0 Å². The minimum absolute atomic E-state index is 0. The third-order valence-corrected chi connectivity index (χ3v) is 7.46. The van der Waals surface area contributed by atoms with Crippen molar-refractivity contribution in [3.63, 3.8) is 0 Å². The van der Waals surface area contributed by atoms with Gasteiger partial charge in [0.15, 0.2) is 25.2 Å². The number of rotatable bonds is 21. The van der Waals surface area contributed by atoms with Gasteiger partial charge in [-0.15, -0.1) is 0 Å². The third kappa shape index (κ3) is 33.2. The Labute approximate surface area is 395 Å². The van der Waals surface area contributed by atoms with E-state index < -0.39 is 134 Å². The van der Waals surface area contributed by atoms with E-state index in [0.29, 0.717) is 0 Å². The van der Waals surface area contributed by atoms with Gasteiger partial charge in [0, 0.05) is 49.9 Å². The molecule has 0 saturated heterocycles. The van der Waals surface area contributed by atoms with Crippen molar-refractivity contribution in [1.29, 1.82) is 0 Å². The summed E-state index contributed by atoms with van der Waals surface area (Å²) in [6, 6.07) is 0. The van der Waals surface area contributed by atoms with E-state index in [2.05, 4.69) is 44.5 Å². The van der Waals surface area contributed by atoms with E-state index in [-0.39, 0.29) is 66.6 Å². The number of hydrogen-bond donors (Lipinski definition) is 12. The van der Waals surface area contributed by atoms with Crippen molar-refractivity contribution in [2.24, 2.45) is 0 Å². The van der Waals surface area contributed by atoms with Gasteiger partial charge in [-0.1, -0.05) is 6.58 Å². The molecule has 0 aromatic heterocycles. The molecule has 0 radical (unpaired) electrons. The van der Waals surface area contributed by atoms with E-state index in [9.17, 15) is 54.0 Å². The zero-order valence-corrected chi connectivity index (χ0v) is 39.3. The number of carbonyl (C=O) groups is 7. The Morgan fingerprint density at radius 2 is 0.469 bits per heavy atom. The van der Waals surface area contributed by atoms with Crippen LogP contribution >= 0.6 is 0 Å². The number of carbonyl (C=O) groups excluding carboxylic acids is 7. The average molecular weight is 1020 g/mol. The standard InChI is InChI=1S/C9H16O6.3C8H14O7.2H2O.2Ti/c1-6(14-2)4-9(13,8(11)12)5-7(10)15-3;3*1-14-5(9)3-8(13,7(11)12)4-6(10)15-2;;;;/h8,11-13H,1,4-5H2,2-3H3;3*7,11-13H,3-4H2,1-2H3;2*1H2;;. The monoisotopic (exact) mass is 1020 g/mol. The van der Waals surface area contributed by atoms with Gasteiger partial charge >= 0.3 is 41.8 Å². The number of methoxy groups -OCH3 is 8. The smallest absolute Gasteiger partial charge is 0.308 e. The van der Waals surface area contributed by atoms with Crippen LogP contribution in [0.2, 0.25) is 0 Å². The van der Waals surface area contributed by atoms with E-state index in [1.54, 1.807) is 0 Å². The molecule has 0 aromatic carbocycles. The summed E-state index contributed by atoms with van der Waals surface area (Å²) in [5, 5.41) is 110. The van der Waals surface area contributed by atoms with Gasteiger partial charge in [-0.05, 0) is 0 Å². The van der Waals surface area contributed by atoms with Crippen LogP contribution in [0, 0.1) is 0 Å². The van der Waals surface area contributed by atoms with E-state index in [1.165, 1.54) is 7.11 Å². The zero-order valence-electron chi connectivity index (χ0n) is 36.2. The van der Waals surface area contributed by atoms with Gasteiger partial charge in [-0.2, -0.15) is 0 Å². The zero-order chi connectivity index (χ0) is 48.2. The van der Waals surface area contributed by atoms with E-state index in [4.69, 9.17) is 40.9 Å². The molecule has 1 unspecified atom stereocenters. The normalized spacial score (nSPS) is 11.4. The number of esters is 7. The van der Waals surface area contributed by atoms with Crippen molar-refractivity contribution >= 4 is 41.8 Å². The molecule has 0 aliphatic heterocycles. The summed E-state index contributed by atoms with van der Waals surface area (Å²) >= 11 is 0. The molecule has 0 amide bonds. The second-order valence-corrected chi connectivity index (χ2v) is 12.1. The number of hydrogen-bond acceptors (Lipinski definition) is 27. The van der Waals surface area contributed by atoms with Crippen molar-refractivity contribution in [1.82, 2.24) is 0 Å². The molecule has 64 heavy (non-hydrogen) atoms. The van der Waals surface area contributed by atoms with E-state index >= 15 is 0 Å².